The van der Waals surface area contributed by atoms with Crippen molar-refractivity contribution in [2.75, 3.05) is 6.26 Å². The fourth-order valence-electron chi connectivity index (χ4n) is 13.4. The Labute approximate surface area is 324 Å². The Hall–Kier alpha value is -3.12. The predicted octanol–water partition coefficient (Wildman–Crippen LogP) is 8.80. The largest absolute Gasteiger partial charge is 0.481 e. The molecule has 5 saturated carbocycles. The molecule has 0 spiro atoms. The minimum absolute atomic E-state index is 0.0851. The second kappa shape index (κ2) is 13.5. The molecule has 296 valence electrons. The van der Waals surface area contributed by atoms with Gasteiger partial charge in [-0.3, -0.25) is 14.4 Å². The number of hydrogen-bond acceptors (Lipinski definition) is 6. The van der Waals surface area contributed by atoms with Crippen molar-refractivity contribution in [1.82, 2.24) is 4.72 Å². The number of nitrogens with one attached hydrogen (secondary N) is 1. The molecule has 1 aromatic rings. The molecule has 0 saturated heterocycles. The van der Waals surface area contributed by atoms with E-state index in [1.54, 1.807) is 26.0 Å². The highest BCUT2D eigenvalue weighted by Gasteiger charge is 2.71. The van der Waals surface area contributed by atoms with Gasteiger partial charge in [-0.05, 0) is 143 Å². The molecule has 0 aliphatic heterocycles. The average molecular weight is 762 g/mol. The molecule has 2 N–H and O–H groups in total. The maximum atomic E-state index is 13.1. The molecule has 0 heterocycles. The molecular formula is C45H63NO7S. The smallest absolute Gasteiger partial charge is 0.309 e. The number of rotatable bonds is 7. The lowest BCUT2D eigenvalue weighted by Gasteiger charge is -2.72. The number of allylic oxidation sites excluding steroid dienone is 1. The first-order valence-electron chi connectivity index (χ1n) is 20.1. The topological polar surface area (TPSA) is 127 Å². The number of carbonyl (C=O) groups is 3. The second-order valence-corrected chi connectivity index (χ2v) is 21.8. The number of carbonyl (C=O) groups excluding carboxylic acids is 2. The van der Waals surface area contributed by atoms with Crippen molar-refractivity contribution >= 4 is 27.9 Å². The lowest BCUT2D eigenvalue weighted by molar-refractivity contribution is -0.247. The number of sulfonamides is 1. The van der Waals surface area contributed by atoms with Gasteiger partial charge in [-0.1, -0.05) is 70.7 Å². The molecule has 0 aromatic heterocycles. The molecule has 1 amide bonds. The summed E-state index contributed by atoms with van der Waals surface area (Å²) in [6, 6.07) is 7.03. The van der Waals surface area contributed by atoms with Crippen molar-refractivity contribution < 1.29 is 32.6 Å². The molecule has 5 aliphatic rings. The van der Waals surface area contributed by atoms with Crippen LogP contribution in [0.2, 0.25) is 0 Å². The van der Waals surface area contributed by atoms with Crippen LogP contribution in [-0.2, 0) is 24.3 Å². The van der Waals surface area contributed by atoms with Gasteiger partial charge in [0.05, 0.1) is 23.7 Å². The van der Waals surface area contributed by atoms with Crippen LogP contribution in [0.5, 0.6) is 0 Å². The molecule has 1 aromatic carbocycles. The van der Waals surface area contributed by atoms with E-state index in [0.29, 0.717) is 35.2 Å². The number of amides is 1. The van der Waals surface area contributed by atoms with E-state index >= 15 is 0 Å². The summed E-state index contributed by atoms with van der Waals surface area (Å²) in [5.41, 5.74) is 0.730. The number of fused-ring (bicyclic) bond motifs is 7. The Morgan fingerprint density at radius 2 is 1.61 bits per heavy atom. The van der Waals surface area contributed by atoms with E-state index in [9.17, 15) is 27.9 Å². The summed E-state index contributed by atoms with van der Waals surface area (Å²) in [5.74, 6) is 7.25. The highest BCUT2D eigenvalue weighted by molar-refractivity contribution is 7.89. The third kappa shape index (κ3) is 6.54. The van der Waals surface area contributed by atoms with E-state index in [-0.39, 0.29) is 45.2 Å². The van der Waals surface area contributed by atoms with Gasteiger partial charge >= 0.3 is 11.9 Å². The van der Waals surface area contributed by atoms with Crippen LogP contribution in [0.1, 0.15) is 142 Å². The van der Waals surface area contributed by atoms with E-state index in [0.717, 1.165) is 70.5 Å². The first kappa shape index (κ1) is 40.5. The van der Waals surface area contributed by atoms with Crippen molar-refractivity contribution in [2.24, 2.45) is 62.1 Å². The number of benzene rings is 1. The van der Waals surface area contributed by atoms with Gasteiger partial charge in [-0.25, -0.2) is 13.1 Å². The maximum absolute atomic E-state index is 13.1. The minimum Gasteiger partial charge on any atom is -0.481 e. The Morgan fingerprint density at radius 1 is 0.926 bits per heavy atom. The average Bonchev–Trinajstić information content (AvgIpc) is 3.45. The number of carboxylic acids is 1. The second-order valence-electron chi connectivity index (χ2n) is 20.0. The normalized spacial score (nSPS) is 38.2. The lowest BCUT2D eigenvalue weighted by Crippen LogP contribution is -2.66. The van der Waals surface area contributed by atoms with Crippen LogP contribution in [0.15, 0.2) is 36.4 Å². The van der Waals surface area contributed by atoms with Crippen LogP contribution >= 0.6 is 0 Å². The number of aliphatic carboxylic acids is 1. The molecule has 10 atom stereocenters. The molecular weight excluding hydrogens is 699 g/mol. The first-order valence-corrected chi connectivity index (χ1v) is 22.0. The number of carboxylic acid groups (broad SMARTS) is 1. The van der Waals surface area contributed by atoms with Gasteiger partial charge in [0, 0.05) is 16.4 Å². The minimum atomic E-state index is -3.72. The number of ether oxygens (including phenoxy) is 1. The van der Waals surface area contributed by atoms with E-state index in [1.165, 1.54) is 5.57 Å². The molecule has 6 rings (SSSR count). The fourth-order valence-corrected chi connectivity index (χ4v) is 13.8. The third-order valence-corrected chi connectivity index (χ3v) is 16.9. The fraction of sp³-hybridized carbons (Fsp3) is 0.711. The van der Waals surface area contributed by atoms with Gasteiger partial charge in [0.15, 0.2) is 0 Å². The highest BCUT2D eigenvalue weighted by atomic mass is 32.2. The summed E-state index contributed by atoms with van der Waals surface area (Å²) < 4.78 is 32.1. The summed E-state index contributed by atoms with van der Waals surface area (Å²) in [7, 11) is -3.72. The van der Waals surface area contributed by atoms with Crippen molar-refractivity contribution in [3.63, 3.8) is 0 Å². The SMILES string of the molecule is C=C(C)[C@H]1CC[C@]2(C#Cc3ccccc3C(=O)NS(C)(=O)=O)CC[C@]3(C)C(CCC4[C@@]5(C)CC[C@H](OC(=O)CC(C)(C)C(=O)O)C(C)(C)C5CC[C@]43C)C12. The molecule has 9 heteroatoms. The van der Waals surface area contributed by atoms with Gasteiger partial charge < -0.3 is 9.84 Å². The molecule has 5 fully saturated rings. The standard InChI is InChI=1S/C45H63NO7S/c1-28(2)30-18-24-45(23-17-29-13-11-12-14-31(29)38(48)46-54(10,51)52)26-25-43(8)32(37(30)45)15-16-34-42(7)21-20-35(53-36(47)27-40(3,4)39(49)50)41(5,6)33(42)19-22-44(34,43)9/h11-14,30,32-35,37H,1,15-16,18-22,24-27H2,2-10H3,(H,46,48)(H,49,50)/t30-,32?,33?,34?,35+,37?,42+,43-,44-,45-/m1/s1. The van der Waals surface area contributed by atoms with Crippen LogP contribution < -0.4 is 4.72 Å². The van der Waals surface area contributed by atoms with Gasteiger partial charge in [0.1, 0.15) is 6.10 Å². The molecule has 4 unspecified atom stereocenters. The van der Waals surface area contributed by atoms with E-state index in [4.69, 9.17) is 4.74 Å². The summed E-state index contributed by atoms with van der Waals surface area (Å²) in [4.78, 5) is 37.8. The van der Waals surface area contributed by atoms with Crippen molar-refractivity contribution in [2.45, 2.75) is 132 Å². The number of hydrogen-bond donors (Lipinski definition) is 2. The predicted molar refractivity (Wildman–Crippen MR) is 211 cm³/mol. The Balaban J connectivity index is 1.29. The van der Waals surface area contributed by atoms with Crippen molar-refractivity contribution in [3.05, 3.63) is 47.5 Å². The van der Waals surface area contributed by atoms with Gasteiger partial charge in [0.2, 0.25) is 10.0 Å². The van der Waals surface area contributed by atoms with Crippen LogP contribution in [0.3, 0.4) is 0 Å². The lowest BCUT2D eigenvalue weighted by atomic mass is 9.32. The first-order chi connectivity index (χ1) is 24.9. The maximum Gasteiger partial charge on any atom is 0.309 e. The van der Waals surface area contributed by atoms with Gasteiger partial charge in [-0.2, -0.15) is 0 Å². The number of esters is 1. The zero-order chi connectivity index (χ0) is 39.9. The quantitative estimate of drug-likeness (QED) is 0.162. The van der Waals surface area contributed by atoms with E-state index < -0.39 is 33.3 Å². The molecule has 54 heavy (non-hydrogen) atoms. The van der Waals surface area contributed by atoms with Crippen molar-refractivity contribution in [3.8, 4) is 11.8 Å². The summed E-state index contributed by atoms with van der Waals surface area (Å²) in [5, 5.41) is 9.61. The molecule has 5 aliphatic carbocycles. The van der Waals surface area contributed by atoms with Gasteiger partial charge in [-0.15, -0.1) is 0 Å². The molecule has 0 bridgehead atoms. The monoisotopic (exact) mass is 761 g/mol. The Kier molecular flexibility index (Phi) is 10.2. The third-order valence-electron chi connectivity index (χ3n) is 16.3. The van der Waals surface area contributed by atoms with Crippen LogP contribution in [0.25, 0.3) is 0 Å². The highest BCUT2D eigenvalue weighted by Crippen LogP contribution is 2.77. The zero-order valence-corrected chi connectivity index (χ0v) is 34.9. The molecule has 8 nitrogen and oxygen atoms in total. The Morgan fingerprint density at radius 3 is 2.26 bits per heavy atom. The van der Waals surface area contributed by atoms with Crippen LogP contribution in [0, 0.1) is 73.9 Å². The molecule has 0 radical (unpaired) electrons. The summed E-state index contributed by atoms with van der Waals surface area (Å²) in [6.07, 6.45) is 11.0. The van der Waals surface area contributed by atoms with Gasteiger partial charge in [0.25, 0.3) is 5.91 Å². The van der Waals surface area contributed by atoms with Crippen LogP contribution in [0.4, 0.5) is 0 Å². The summed E-state index contributed by atoms with van der Waals surface area (Å²) in [6.45, 7) is 22.1. The van der Waals surface area contributed by atoms with E-state index in [1.807, 2.05) is 12.1 Å². The zero-order valence-electron chi connectivity index (χ0n) is 34.1. The van der Waals surface area contributed by atoms with Crippen LogP contribution in [-0.4, -0.2) is 43.7 Å². The van der Waals surface area contributed by atoms with Crippen molar-refractivity contribution in [1.29, 1.82) is 0 Å². The summed E-state index contributed by atoms with van der Waals surface area (Å²) >= 11 is 0. The van der Waals surface area contributed by atoms with E-state index in [2.05, 4.69) is 64.7 Å². The Bertz CT molecular complexity index is 1900.